The van der Waals surface area contributed by atoms with Crippen molar-refractivity contribution in [2.75, 3.05) is 13.2 Å². The molecule has 1 aliphatic rings. The lowest BCUT2D eigenvalue weighted by Gasteiger charge is -2.26. The van der Waals surface area contributed by atoms with Gasteiger partial charge in [-0.05, 0) is 37.3 Å². The molecule has 1 aromatic rings. The minimum atomic E-state index is -0.0310. The van der Waals surface area contributed by atoms with E-state index in [0.717, 1.165) is 29.7 Å². The maximum absolute atomic E-state index is 12.6. The van der Waals surface area contributed by atoms with Gasteiger partial charge in [-0.25, -0.2) is 0 Å². The number of aliphatic hydroxyl groups is 1. The van der Waals surface area contributed by atoms with Crippen molar-refractivity contribution in [2.24, 2.45) is 5.92 Å². The summed E-state index contributed by atoms with van der Waals surface area (Å²) in [6.07, 6.45) is 0.974. The molecule has 1 fully saturated rings. The Hall–Kier alpha value is -1.35. The van der Waals surface area contributed by atoms with Crippen molar-refractivity contribution in [2.45, 2.75) is 33.2 Å². The number of amides is 1. The fourth-order valence-electron chi connectivity index (χ4n) is 2.83. The molecule has 0 bridgehead atoms. The summed E-state index contributed by atoms with van der Waals surface area (Å²) in [4.78, 5) is 14.5. The first kappa shape index (κ1) is 13.1. The first-order valence-corrected chi connectivity index (χ1v) is 6.54. The Bertz CT molecular complexity index is 436. The van der Waals surface area contributed by atoms with Crippen molar-refractivity contribution < 1.29 is 9.90 Å². The second-order valence-electron chi connectivity index (χ2n) is 5.28. The van der Waals surface area contributed by atoms with Gasteiger partial charge in [-0.15, -0.1) is 0 Å². The lowest BCUT2D eigenvalue weighted by Crippen LogP contribution is -2.40. The molecular formula is C15H21NO2. The SMILES string of the molecule is Cc1cccc(C)c1C(=O)N1CCC(C)C1CO. The third kappa shape index (κ3) is 2.15. The molecule has 1 saturated heterocycles. The van der Waals surface area contributed by atoms with Gasteiger partial charge < -0.3 is 10.0 Å². The molecule has 98 valence electrons. The first-order valence-electron chi connectivity index (χ1n) is 6.54. The van der Waals surface area contributed by atoms with Crippen LogP contribution in [0.25, 0.3) is 0 Å². The van der Waals surface area contributed by atoms with E-state index >= 15 is 0 Å². The summed E-state index contributed by atoms with van der Waals surface area (Å²) in [5.74, 6) is 0.442. The molecule has 1 aromatic carbocycles. The zero-order valence-electron chi connectivity index (χ0n) is 11.3. The van der Waals surface area contributed by atoms with Crippen LogP contribution >= 0.6 is 0 Å². The van der Waals surface area contributed by atoms with Crippen LogP contribution in [-0.2, 0) is 0 Å². The average Bonchev–Trinajstić information content (AvgIpc) is 2.69. The van der Waals surface area contributed by atoms with E-state index in [9.17, 15) is 9.90 Å². The van der Waals surface area contributed by atoms with Gasteiger partial charge in [-0.2, -0.15) is 0 Å². The van der Waals surface area contributed by atoms with E-state index in [1.807, 2.05) is 36.9 Å². The molecule has 3 nitrogen and oxygen atoms in total. The zero-order valence-corrected chi connectivity index (χ0v) is 11.3. The first-order chi connectivity index (χ1) is 8.56. The van der Waals surface area contributed by atoms with E-state index < -0.39 is 0 Å². The number of hydrogen-bond acceptors (Lipinski definition) is 2. The minimum absolute atomic E-state index is 0.0310. The zero-order chi connectivity index (χ0) is 13.3. The number of benzene rings is 1. The second kappa shape index (κ2) is 5.11. The fraction of sp³-hybridized carbons (Fsp3) is 0.533. The van der Waals surface area contributed by atoms with Crippen LogP contribution in [0.1, 0.15) is 34.8 Å². The van der Waals surface area contributed by atoms with E-state index in [4.69, 9.17) is 0 Å². The van der Waals surface area contributed by atoms with Crippen molar-refractivity contribution in [1.82, 2.24) is 4.90 Å². The lowest BCUT2D eigenvalue weighted by molar-refractivity contribution is 0.0646. The molecule has 0 radical (unpaired) electrons. The third-order valence-corrected chi connectivity index (χ3v) is 4.03. The fourth-order valence-corrected chi connectivity index (χ4v) is 2.83. The number of likely N-dealkylation sites (tertiary alicyclic amines) is 1. The number of aliphatic hydroxyl groups excluding tert-OH is 1. The van der Waals surface area contributed by atoms with Crippen molar-refractivity contribution in [1.29, 1.82) is 0 Å². The standard InChI is InChI=1S/C15H21NO2/c1-10-7-8-16(13(10)9-17)15(18)14-11(2)5-4-6-12(14)3/h4-6,10,13,17H,7-9H2,1-3H3. The Balaban J connectivity index is 2.32. The molecule has 0 saturated carbocycles. The Labute approximate surface area is 108 Å². The maximum Gasteiger partial charge on any atom is 0.254 e. The van der Waals surface area contributed by atoms with Gasteiger partial charge >= 0.3 is 0 Å². The van der Waals surface area contributed by atoms with Crippen molar-refractivity contribution in [3.63, 3.8) is 0 Å². The Morgan fingerprint density at radius 2 is 2.00 bits per heavy atom. The predicted octanol–water partition coefficient (Wildman–Crippen LogP) is 2.15. The number of carbonyl (C=O) groups is 1. The quantitative estimate of drug-likeness (QED) is 0.870. The third-order valence-electron chi connectivity index (χ3n) is 4.03. The Morgan fingerprint density at radius 1 is 1.39 bits per heavy atom. The van der Waals surface area contributed by atoms with Crippen molar-refractivity contribution in [3.8, 4) is 0 Å². The molecular weight excluding hydrogens is 226 g/mol. The molecule has 1 amide bonds. The number of rotatable bonds is 2. The number of aryl methyl sites for hydroxylation is 2. The second-order valence-corrected chi connectivity index (χ2v) is 5.28. The topological polar surface area (TPSA) is 40.5 Å². The molecule has 0 spiro atoms. The van der Waals surface area contributed by atoms with Gasteiger partial charge in [-0.1, -0.05) is 25.1 Å². The normalized spacial score (nSPS) is 23.4. The highest BCUT2D eigenvalue weighted by Gasteiger charge is 2.35. The van der Waals surface area contributed by atoms with Crippen LogP contribution in [0.2, 0.25) is 0 Å². The molecule has 18 heavy (non-hydrogen) atoms. The van der Waals surface area contributed by atoms with Gasteiger partial charge in [0.1, 0.15) is 0 Å². The Kier molecular flexibility index (Phi) is 3.71. The molecule has 0 aliphatic carbocycles. The average molecular weight is 247 g/mol. The lowest BCUT2D eigenvalue weighted by atomic mass is 10.0. The molecule has 1 aliphatic heterocycles. The monoisotopic (exact) mass is 247 g/mol. The number of carbonyl (C=O) groups excluding carboxylic acids is 1. The van der Waals surface area contributed by atoms with E-state index in [1.54, 1.807) is 0 Å². The van der Waals surface area contributed by atoms with Crippen molar-refractivity contribution in [3.05, 3.63) is 34.9 Å². The van der Waals surface area contributed by atoms with Gasteiger partial charge in [0.2, 0.25) is 0 Å². The van der Waals surface area contributed by atoms with Crippen LogP contribution < -0.4 is 0 Å². The molecule has 3 heteroatoms. The van der Waals surface area contributed by atoms with E-state index in [0.29, 0.717) is 5.92 Å². The minimum Gasteiger partial charge on any atom is -0.394 e. The summed E-state index contributed by atoms with van der Waals surface area (Å²) < 4.78 is 0. The molecule has 0 aromatic heterocycles. The molecule has 2 atom stereocenters. The highest BCUT2D eigenvalue weighted by molar-refractivity contribution is 5.97. The molecule has 2 unspecified atom stereocenters. The van der Waals surface area contributed by atoms with Gasteiger partial charge in [0.15, 0.2) is 0 Å². The van der Waals surface area contributed by atoms with E-state index in [1.165, 1.54) is 0 Å². The summed E-state index contributed by atoms with van der Waals surface area (Å²) in [6, 6.07) is 5.87. The van der Waals surface area contributed by atoms with Crippen molar-refractivity contribution >= 4 is 5.91 Å². The predicted molar refractivity (Wildman–Crippen MR) is 71.6 cm³/mol. The summed E-state index contributed by atoms with van der Waals surface area (Å²) in [5, 5.41) is 9.45. The molecule has 1 N–H and O–H groups in total. The summed E-state index contributed by atoms with van der Waals surface area (Å²) in [5.41, 5.74) is 2.82. The van der Waals surface area contributed by atoms with Crippen LogP contribution in [-0.4, -0.2) is 35.1 Å². The van der Waals surface area contributed by atoms with E-state index in [2.05, 4.69) is 6.92 Å². The largest absolute Gasteiger partial charge is 0.394 e. The molecule has 2 rings (SSSR count). The highest BCUT2D eigenvalue weighted by Crippen LogP contribution is 2.27. The molecule has 1 heterocycles. The van der Waals surface area contributed by atoms with Gasteiger partial charge in [0.05, 0.1) is 12.6 Å². The van der Waals surface area contributed by atoms with Crippen LogP contribution in [0.5, 0.6) is 0 Å². The summed E-state index contributed by atoms with van der Waals surface area (Å²) in [7, 11) is 0. The van der Waals surface area contributed by atoms with Gasteiger partial charge in [0, 0.05) is 12.1 Å². The highest BCUT2D eigenvalue weighted by atomic mass is 16.3. The number of hydrogen-bond donors (Lipinski definition) is 1. The van der Waals surface area contributed by atoms with Crippen LogP contribution in [0.4, 0.5) is 0 Å². The van der Waals surface area contributed by atoms with Gasteiger partial charge in [-0.3, -0.25) is 4.79 Å². The van der Waals surface area contributed by atoms with Gasteiger partial charge in [0.25, 0.3) is 5.91 Å². The van der Waals surface area contributed by atoms with Crippen LogP contribution in [0.15, 0.2) is 18.2 Å². The van der Waals surface area contributed by atoms with Crippen LogP contribution in [0, 0.1) is 19.8 Å². The summed E-state index contributed by atoms with van der Waals surface area (Å²) >= 11 is 0. The smallest absolute Gasteiger partial charge is 0.254 e. The summed E-state index contributed by atoms with van der Waals surface area (Å²) in [6.45, 7) is 6.83. The van der Waals surface area contributed by atoms with E-state index in [-0.39, 0.29) is 18.6 Å². The number of nitrogens with zero attached hydrogens (tertiary/aromatic N) is 1. The Morgan fingerprint density at radius 3 is 2.56 bits per heavy atom. The van der Waals surface area contributed by atoms with Crippen LogP contribution in [0.3, 0.4) is 0 Å². The maximum atomic E-state index is 12.6.